The number of hydrogen-bond donors (Lipinski definition) is 0. The average molecular weight is 347 g/mol. The number of nitrogens with zero attached hydrogens (tertiary/aromatic N) is 1. The Balaban J connectivity index is 2.34. The van der Waals surface area contributed by atoms with Crippen LogP contribution in [0.4, 0.5) is 0 Å². The zero-order valence-corrected chi connectivity index (χ0v) is 16.9. The highest BCUT2D eigenvalue weighted by Crippen LogP contribution is 2.37. The minimum absolute atomic E-state index is 0.665. The van der Waals surface area contributed by atoms with E-state index in [4.69, 9.17) is 4.98 Å². The van der Waals surface area contributed by atoms with Crippen LogP contribution < -0.4 is 16.0 Å². The Kier molecular flexibility index (Phi) is 5.06. The van der Waals surface area contributed by atoms with Crippen LogP contribution in [0.25, 0.3) is 0 Å². The Hall–Kier alpha value is -1.98. The first-order valence-electron chi connectivity index (χ1n) is 8.75. The van der Waals surface area contributed by atoms with E-state index in [1.807, 2.05) is 12.3 Å². The summed E-state index contributed by atoms with van der Waals surface area (Å²) >= 11 is 0. The number of aromatic nitrogens is 1. The van der Waals surface area contributed by atoms with Crippen LogP contribution in [0.3, 0.4) is 0 Å². The van der Waals surface area contributed by atoms with E-state index in [1.165, 1.54) is 49.4 Å². The topological polar surface area (TPSA) is 12.9 Å². The molecule has 3 rings (SSSR count). The fourth-order valence-corrected chi connectivity index (χ4v) is 6.65. The van der Waals surface area contributed by atoms with Crippen molar-refractivity contribution >= 4 is 24.0 Å². The Labute approximate surface area is 152 Å². The Morgan fingerprint density at radius 1 is 0.640 bits per heavy atom. The van der Waals surface area contributed by atoms with Gasteiger partial charge in [-0.3, -0.25) is 4.98 Å². The Morgan fingerprint density at radius 3 is 1.44 bits per heavy atom. The molecule has 0 atom stereocenters. The van der Waals surface area contributed by atoms with Crippen LogP contribution in [-0.4, -0.2) is 4.98 Å². The van der Waals surface area contributed by atoms with Gasteiger partial charge in [0.2, 0.25) is 0 Å². The van der Waals surface area contributed by atoms with Crippen molar-refractivity contribution < 1.29 is 0 Å². The second-order valence-electron chi connectivity index (χ2n) is 7.02. The third-order valence-corrected chi connectivity index (χ3v) is 7.62. The summed E-state index contributed by atoms with van der Waals surface area (Å²) in [6, 6.07) is 15.5. The fraction of sp³-hybridized carbons (Fsp3) is 0.261. The highest BCUT2D eigenvalue weighted by Gasteiger charge is 2.24. The fourth-order valence-electron chi connectivity index (χ4n) is 3.88. The lowest BCUT2D eigenvalue weighted by atomic mass is 10.1. The molecule has 0 aliphatic rings. The van der Waals surface area contributed by atoms with Crippen molar-refractivity contribution in [1.82, 2.24) is 4.98 Å². The summed E-state index contributed by atoms with van der Waals surface area (Å²) in [5.41, 5.74) is 9.31. The SMILES string of the molecule is Cc1cc(C)c(P(c2ccccn2)c2c(C)cc(C)cc2C)c(C)c1. The molecule has 1 nitrogen and oxygen atoms in total. The molecule has 0 saturated heterocycles. The van der Waals surface area contributed by atoms with Gasteiger partial charge in [-0.2, -0.15) is 0 Å². The van der Waals surface area contributed by atoms with Gasteiger partial charge in [0, 0.05) is 14.1 Å². The molecule has 128 valence electrons. The maximum absolute atomic E-state index is 4.77. The lowest BCUT2D eigenvalue weighted by Gasteiger charge is -2.26. The lowest BCUT2D eigenvalue weighted by molar-refractivity contribution is 1.34. The molecule has 0 fully saturated rings. The molecule has 0 spiro atoms. The van der Waals surface area contributed by atoms with Gasteiger partial charge >= 0.3 is 0 Å². The summed E-state index contributed by atoms with van der Waals surface area (Å²) in [6.07, 6.45) is 1.92. The van der Waals surface area contributed by atoms with Crippen molar-refractivity contribution in [3.8, 4) is 0 Å². The number of aryl methyl sites for hydroxylation is 6. The van der Waals surface area contributed by atoms with E-state index in [-0.39, 0.29) is 0 Å². The van der Waals surface area contributed by atoms with Crippen molar-refractivity contribution in [1.29, 1.82) is 0 Å². The molecule has 3 aromatic rings. The van der Waals surface area contributed by atoms with E-state index in [9.17, 15) is 0 Å². The second-order valence-corrected chi connectivity index (χ2v) is 9.04. The smallest absolute Gasteiger partial charge is 0.0721 e. The molecule has 0 saturated carbocycles. The molecular formula is C23H26NP. The molecule has 2 aromatic carbocycles. The van der Waals surface area contributed by atoms with Crippen molar-refractivity contribution in [2.45, 2.75) is 41.5 Å². The molecule has 0 N–H and O–H groups in total. The quantitative estimate of drug-likeness (QED) is 0.626. The standard InChI is InChI=1S/C23H26NP/c1-15-11-17(3)22(18(4)12-15)25(21-9-7-8-10-24-21)23-19(5)13-16(2)14-20(23)6/h7-14H,1-6H3. The van der Waals surface area contributed by atoms with E-state index in [1.54, 1.807) is 0 Å². The largest absolute Gasteiger partial charge is 0.256 e. The average Bonchev–Trinajstić information content (AvgIpc) is 2.52. The predicted molar refractivity (Wildman–Crippen MR) is 111 cm³/mol. The van der Waals surface area contributed by atoms with Gasteiger partial charge in [0.25, 0.3) is 0 Å². The summed E-state index contributed by atoms with van der Waals surface area (Å²) in [5, 5.41) is 2.91. The van der Waals surface area contributed by atoms with Crippen LogP contribution in [0.2, 0.25) is 0 Å². The third-order valence-electron chi connectivity index (χ3n) is 4.60. The number of rotatable bonds is 3. The molecule has 0 radical (unpaired) electrons. The highest BCUT2D eigenvalue weighted by atomic mass is 31.1. The first kappa shape index (κ1) is 17.8. The summed E-state index contributed by atoms with van der Waals surface area (Å²) in [6.45, 7) is 13.3. The van der Waals surface area contributed by atoms with Crippen LogP contribution >= 0.6 is 7.92 Å². The van der Waals surface area contributed by atoms with Crippen molar-refractivity contribution in [3.63, 3.8) is 0 Å². The summed E-state index contributed by atoms with van der Waals surface area (Å²) in [4.78, 5) is 4.77. The Bertz CT molecular complexity index is 809. The predicted octanol–water partition coefficient (Wildman–Crippen LogP) is 4.69. The summed E-state index contributed by atoms with van der Waals surface area (Å²) in [5.74, 6) is 0. The number of benzene rings is 2. The molecule has 1 heterocycles. The number of hydrogen-bond acceptors (Lipinski definition) is 1. The van der Waals surface area contributed by atoms with Crippen LogP contribution in [-0.2, 0) is 0 Å². The first-order chi connectivity index (χ1) is 11.9. The van der Waals surface area contributed by atoms with Gasteiger partial charge in [0.1, 0.15) is 0 Å². The van der Waals surface area contributed by atoms with Crippen LogP contribution in [0.1, 0.15) is 33.4 Å². The molecule has 0 bridgehead atoms. The molecular weight excluding hydrogens is 321 g/mol. The maximum atomic E-state index is 4.77. The minimum atomic E-state index is -0.665. The molecule has 0 unspecified atom stereocenters. The minimum Gasteiger partial charge on any atom is -0.256 e. The normalized spacial score (nSPS) is 11.2. The lowest BCUT2D eigenvalue weighted by Crippen LogP contribution is -2.29. The van der Waals surface area contributed by atoms with Gasteiger partial charge in [0.05, 0.1) is 5.44 Å². The van der Waals surface area contributed by atoms with Gasteiger partial charge < -0.3 is 0 Å². The maximum Gasteiger partial charge on any atom is 0.0721 e. The summed E-state index contributed by atoms with van der Waals surface area (Å²) < 4.78 is 0. The van der Waals surface area contributed by atoms with Crippen LogP contribution in [0.5, 0.6) is 0 Å². The molecule has 0 aliphatic carbocycles. The molecule has 25 heavy (non-hydrogen) atoms. The van der Waals surface area contributed by atoms with E-state index in [2.05, 4.69) is 77.9 Å². The highest BCUT2D eigenvalue weighted by molar-refractivity contribution is 7.80. The molecule has 1 aromatic heterocycles. The number of pyridine rings is 1. The third kappa shape index (κ3) is 3.53. The van der Waals surface area contributed by atoms with Gasteiger partial charge in [-0.15, -0.1) is 0 Å². The zero-order chi connectivity index (χ0) is 18.1. The van der Waals surface area contributed by atoms with E-state index >= 15 is 0 Å². The van der Waals surface area contributed by atoms with Crippen LogP contribution in [0, 0.1) is 41.5 Å². The van der Waals surface area contributed by atoms with Gasteiger partial charge in [0.15, 0.2) is 0 Å². The monoisotopic (exact) mass is 347 g/mol. The van der Waals surface area contributed by atoms with Gasteiger partial charge in [-0.25, -0.2) is 0 Å². The van der Waals surface area contributed by atoms with Gasteiger partial charge in [-0.1, -0.05) is 41.5 Å². The molecule has 0 aliphatic heterocycles. The van der Waals surface area contributed by atoms with E-state index in [0.717, 1.165) is 0 Å². The van der Waals surface area contributed by atoms with Crippen molar-refractivity contribution in [3.05, 3.63) is 82.0 Å². The van der Waals surface area contributed by atoms with Gasteiger partial charge in [-0.05, 0) is 86.5 Å². The van der Waals surface area contributed by atoms with E-state index in [0.29, 0.717) is 0 Å². The van der Waals surface area contributed by atoms with E-state index < -0.39 is 7.92 Å². The zero-order valence-electron chi connectivity index (χ0n) is 16.0. The Morgan fingerprint density at radius 2 is 1.08 bits per heavy atom. The summed E-state index contributed by atoms with van der Waals surface area (Å²) in [7, 11) is -0.665. The first-order valence-corrected chi connectivity index (χ1v) is 10.1. The van der Waals surface area contributed by atoms with Crippen molar-refractivity contribution in [2.24, 2.45) is 0 Å². The molecule has 2 heteroatoms. The van der Waals surface area contributed by atoms with Crippen LogP contribution in [0.15, 0.2) is 48.7 Å². The van der Waals surface area contributed by atoms with Crippen molar-refractivity contribution in [2.75, 3.05) is 0 Å². The second kappa shape index (κ2) is 7.10. The molecule has 0 amide bonds.